The van der Waals surface area contributed by atoms with Gasteiger partial charge in [0.2, 0.25) is 5.91 Å². The lowest BCUT2D eigenvalue weighted by Crippen LogP contribution is -2.13. The first-order valence-corrected chi connectivity index (χ1v) is 4.58. The molecule has 4 nitrogen and oxygen atoms in total. The molecule has 0 aliphatic rings. The molecule has 5 N–H and O–H groups in total. The number of rotatable bonds is 4. The molecule has 1 rings (SSSR count). The number of nitrogen functional groups attached to an aromatic ring is 1. The summed E-state index contributed by atoms with van der Waals surface area (Å²) in [5.74, 6) is -0.0137. The molecule has 0 aromatic heterocycles. The molecule has 1 aromatic rings. The van der Waals surface area contributed by atoms with Gasteiger partial charge < -0.3 is 16.8 Å². The second kappa shape index (κ2) is 5.24. The highest BCUT2D eigenvalue weighted by Crippen LogP contribution is 2.10. The van der Waals surface area contributed by atoms with Crippen LogP contribution in [-0.2, 0) is 4.79 Å². The summed E-state index contributed by atoms with van der Waals surface area (Å²) in [7, 11) is 0. The van der Waals surface area contributed by atoms with E-state index in [1.807, 2.05) is 0 Å². The van der Waals surface area contributed by atoms with E-state index >= 15 is 0 Å². The monoisotopic (exact) mass is 193 g/mol. The van der Waals surface area contributed by atoms with Crippen molar-refractivity contribution >= 4 is 17.3 Å². The smallest absolute Gasteiger partial charge is 0.224 e. The van der Waals surface area contributed by atoms with Crippen LogP contribution in [0.3, 0.4) is 0 Å². The third-order valence-corrected chi connectivity index (χ3v) is 1.80. The summed E-state index contributed by atoms with van der Waals surface area (Å²) in [6.07, 6.45) is 1.17. The van der Waals surface area contributed by atoms with Crippen molar-refractivity contribution in [3.63, 3.8) is 0 Å². The van der Waals surface area contributed by atoms with Gasteiger partial charge in [-0.05, 0) is 37.2 Å². The minimum Gasteiger partial charge on any atom is -0.399 e. The predicted octanol–water partition coefficient (Wildman–Crippen LogP) is 0.946. The van der Waals surface area contributed by atoms with E-state index in [2.05, 4.69) is 5.32 Å². The summed E-state index contributed by atoms with van der Waals surface area (Å²) in [6, 6.07) is 7.04. The van der Waals surface area contributed by atoms with Gasteiger partial charge in [-0.2, -0.15) is 0 Å². The number of hydrogen-bond donors (Lipinski definition) is 3. The summed E-state index contributed by atoms with van der Waals surface area (Å²) in [5.41, 5.74) is 12.3. The first kappa shape index (κ1) is 10.5. The molecule has 0 saturated heterocycles. The van der Waals surface area contributed by atoms with Crippen LogP contribution in [0.15, 0.2) is 24.3 Å². The number of hydrogen-bond acceptors (Lipinski definition) is 3. The molecule has 4 heteroatoms. The van der Waals surface area contributed by atoms with Crippen LogP contribution in [0.5, 0.6) is 0 Å². The van der Waals surface area contributed by atoms with Crippen LogP contribution >= 0.6 is 0 Å². The Bertz CT molecular complexity index is 295. The first-order valence-electron chi connectivity index (χ1n) is 4.58. The van der Waals surface area contributed by atoms with Crippen LogP contribution in [0.25, 0.3) is 0 Å². The van der Waals surface area contributed by atoms with Crippen LogP contribution in [0, 0.1) is 0 Å². The van der Waals surface area contributed by atoms with Crippen molar-refractivity contribution in [1.82, 2.24) is 0 Å². The molecular weight excluding hydrogens is 178 g/mol. The zero-order valence-electron chi connectivity index (χ0n) is 7.99. The highest BCUT2D eigenvalue weighted by molar-refractivity contribution is 5.90. The van der Waals surface area contributed by atoms with E-state index < -0.39 is 0 Å². The third kappa shape index (κ3) is 3.45. The number of carbonyl (C=O) groups is 1. The lowest BCUT2D eigenvalue weighted by Gasteiger charge is -2.04. The van der Waals surface area contributed by atoms with E-state index in [9.17, 15) is 4.79 Å². The average molecular weight is 193 g/mol. The number of nitrogens with one attached hydrogen (secondary N) is 1. The van der Waals surface area contributed by atoms with Gasteiger partial charge >= 0.3 is 0 Å². The van der Waals surface area contributed by atoms with Gasteiger partial charge in [0.05, 0.1) is 0 Å². The summed E-state index contributed by atoms with van der Waals surface area (Å²) in [4.78, 5) is 11.3. The summed E-state index contributed by atoms with van der Waals surface area (Å²) < 4.78 is 0. The molecule has 0 heterocycles. The molecule has 0 spiro atoms. The van der Waals surface area contributed by atoms with Crippen LogP contribution in [0.2, 0.25) is 0 Å². The van der Waals surface area contributed by atoms with E-state index in [0.717, 1.165) is 5.69 Å². The molecule has 76 valence electrons. The number of anilines is 2. The zero-order valence-corrected chi connectivity index (χ0v) is 7.99. The average Bonchev–Trinajstić information content (AvgIpc) is 2.18. The maximum absolute atomic E-state index is 11.3. The van der Waals surface area contributed by atoms with Gasteiger partial charge in [-0.1, -0.05) is 0 Å². The Hall–Kier alpha value is -1.55. The van der Waals surface area contributed by atoms with E-state index in [0.29, 0.717) is 25.1 Å². The molecule has 14 heavy (non-hydrogen) atoms. The Morgan fingerprint density at radius 3 is 2.50 bits per heavy atom. The summed E-state index contributed by atoms with van der Waals surface area (Å²) in [5, 5.41) is 2.75. The molecule has 1 aromatic carbocycles. The van der Waals surface area contributed by atoms with Crippen molar-refractivity contribution < 1.29 is 4.79 Å². The molecule has 0 bridgehead atoms. The number of amides is 1. The highest BCUT2D eigenvalue weighted by Gasteiger charge is 2.00. The quantitative estimate of drug-likeness (QED) is 0.622. The molecule has 0 fully saturated rings. The normalized spacial score (nSPS) is 9.79. The molecule has 1 amide bonds. The van der Waals surface area contributed by atoms with Crippen LogP contribution in [-0.4, -0.2) is 12.5 Å². The first-order chi connectivity index (χ1) is 6.72. The van der Waals surface area contributed by atoms with Crippen molar-refractivity contribution in [3.05, 3.63) is 24.3 Å². The molecule has 0 unspecified atom stereocenters. The fourth-order valence-corrected chi connectivity index (χ4v) is 1.05. The molecule has 0 aliphatic carbocycles. The van der Waals surface area contributed by atoms with Crippen LogP contribution in [0.4, 0.5) is 11.4 Å². The van der Waals surface area contributed by atoms with Crippen LogP contribution < -0.4 is 16.8 Å². The van der Waals surface area contributed by atoms with E-state index in [1.165, 1.54) is 0 Å². The highest BCUT2D eigenvalue weighted by atomic mass is 16.1. The fourth-order valence-electron chi connectivity index (χ4n) is 1.05. The van der Waals surface area contributed by atoms with Gasteiger partial charge in [-0.25, -0.2) is 0 Å². The van der Waals surface area contributed by atoms with Gasteiger partial charge in [0.1, 0.15) is 0 Å². The molecule has 0 atom stereocenters. The summed E-state index contributed by atoms with van der Waals surface area (Å²) in [6.45, 7) is 0.537. The zero-order chi connectivity index (χ0) is 10.4. The number of carbonyl (C=O) groups excluding carboxylic acids is 1. The molecule has 0 radical (unpaired) electrons. The standard InChI is InChI=1S/C10H15N3O/c11-7-1-2-10(14)13-9-5-3-8(12)4-6-9/h3-6H,1-2,7,11-12H2,(H,13,14). The van der Waals surface area contributed by atoms with Gasteiger partial charge in [0.15, 0.2) is 0 Å². The Labute approximate surface area is 83.3 Å². The van der Waals surface area contributed by atoms with Crippen molar-refractivity contribution in [2.24, 2.45) is 5.73 Å². The van der Waals surface area contributed by atoms with Gasteiger partial charge in [0.25, 0.3) is 0 Å². The minimum absolute atomic E-state index is 0.0137. The molecular formula is C10H15N3O. The van der Waals surface area contributed by atoms with E-state index in [-0.39, 0.29) is 5.91 Å². The topological polar surface area (TPSA) is 81.1 Å². The SMILES string of the molecule is NCCCC(=O)Nc1ccc(N)cc1. The number of benzene rings is 1. The minimum atomic E-state index is -0.0137. The van der Waals surface area contributed by atoms with Gasteiger partial charge in [0, 0.05) is 17.8 Å². The Morgan fingerprint density at radius 1 is 1.29 bits per heavy atom. The Kier molecular flexibility index (Phi) is 3.94. The van der Waals surface area contributed by atoms with Gasteiger partial charge in [-0.3, -0.25) is 4.79 Å². The predicted molar refractivity (Wildman–Crippen MR) is 57.8 cm³/mol. The second-order valence-electron chi connectivity index (χ2n) is 3.06. The number of nitrogens with two attached hydrogens (primary N) is 2. The third-order valence-electron chi connectivity index (χ3n) is 1.80. The van der Waals surface area contributed by atoms with Crippen LogP contribution in [0.1, 0.15) is 12.8 Å². The van der Waals surface area contributed by atoms with Crippen molar-refractivity contribution in [1.29, 1.82) is 0 Å². The molecule has 0 aliphatic heterocycles. The fraction of sp³-hybridized carbons (Fsp3) is 0.300. The molecule has 0 saturated carbocycles. The Morgan fingerprint density at radius 2 is 1.93 bits per heavy atom. The summed E-state index contributed by atoms with van der Waals surface area (Å²) >= 11 is 0. The van der Waals surface area contributed by atoms with E-state index in [4.69, 9.17) is 11.5 Å². The maximum Gasteiger partial charge on any atom is 0.224 e. The van der Waals surface area contributed by atoms with Crippen molar-refractivity contribution in [3.8, 4) is 0 Å². The largest absolute Gasteiger partial charge is 0.399 e. The second-order valence-corrected chi connectivity index (χ2v) is 3.06. The lowest BCUT2D eigenvalue weighted by molar-refractivity contribution is -0.116. The van der Waals surface area contributed by atoms with Crippen molar-refractivity contribution in [2.75, 3.05) is 17.6 Å². The lowest BCUT2D eigenvalue weighted by atomic mass is 10.2. The van der Waals surface area contributed by atoms with E-state index in [1.54, 1.807) is 24.3 Å². The van der Waals surface area contributed by atoms with Crippen molar-refractivity contribution in [2.45, 2.75) is 12.8 Å². The maximum atomic E-state index is 11.3. The van der Waals surface area contributed by atoms with Gasteiger partial charge in [-0.15, -0.1) is 0 Å². The Balaban J connectivity index is 2.44.